The van der Waals surface area contributed by atoms with Crippen molar-refractivity contribution in [2.75, 3.05) is 7.05 Å². The number of aryl methyl sites for hydroxylation is 1. The van der Waals surface area contributed by atoms with Gasteiger partial charge in [-0.2, -0.15) is 5.26 Å². The third-order valence-corrected chi connectivity index (χ3v) is 4.57. The number of aromatic nitrogens is 3. The number of carbonyl (C=O) groups excluding carboxylic acids is 1. The van der Waals surface area contributed by atoms with Crippen molar-refractivity contribution in [3.8, 4) is 11.8 Å². The van der Waals surface area contributed by atoms with Gasteiger partial charge in [-0.3, -0.25) is 4.79 Å². The molecule has 0 aliphatic heterocycles. The fourth-order valence-corrected chi connectivity index (χ4v) is 3.13. The number of carbonyl (C=O) groups is 1. The van der Waals surface area contributed by atoms with Crippen molar-refractivity contribution in [3.05, 3.63) is 76.9 Å². The Bertz CT molecular complexity index is 1050. The summed E-state index contributed by atoms with van der Waals surface area (Å²) in [7, 11) is 1.71. The van der Waals surface area contributed by atoms with E-state index in [1.807, 2.05) is 37.3 Å². The zero-order valence-electron chi connectivity index (χ0n) is 16.5. The van der Waals surface area contributed by atoms with Crippen molar-refractivity contribution in [1.29, 1.82) is 5.26 Å². The summed E-state index contributed by atoms with van der Waals surface area (Å²) in [6.07, 6.45) is 0. The number of nitrogens with zero attached hydrogens (tertiary/aromatic N) is 5. The van der Waals surface area contributed by atoms with E-state index in [2.05, 4.69) is 36.1 Å². The third-order valence-electron chi connectivity index (χ3n) is 4.57. The number of para-hydroxylation sites is 1. The summed E-state index contributed by atoms with van der Waals surface area (Å²) in [4.78, 5) is 18.8. The molecule has 2 aromatic carbocycles. The minimum absolute atomic E-state index is 0.162. The summed E-state index contributed by atoms with van der Waals surface area (Å²) in [5.41, 5.74) is 3.54. The van der Waals surface area contributed by atoms with Gasteiger partial charge in [0.05, 0.1) is 17.3 Å². The largest absolute Gasteiger partial charge is 0.335 e. The van der Waals surface area contributed by atoms with Gasteiger partial charge in [-0.15, -0.1) is 5.10 Å². The highest BCUT2D eigenvalue weighted by Crippen LogP contribution is 2.23. The van der Waals surface area contributed by atoms with E-state index in [0.29, 0.717) is 23.9 Å². The number of amides is 1. The van der Waals surface area contributed by atoms with Gasteiger partial charge in [-0.1, -0.05) is 44.2 Å². The van der Waals surface area contributed by atoms with Crippen LogP contribution in [0.4, 0.5) is 0 Å². The van der Waals surface area contributed by atoms with Crippen LogP contribution in [0.15, 0.2) is 48.5 Å². The fraction of sp³-hybridized carbons (Fsp3) is 0.273. The highest BCUT2D eigenvalue weighted by atomic mass is 16.2. The van der Waals surface area contributed by atoms with E-state index in [9.17, 15) is 4.79 Å². The van der Waals surface area contributed by atoms with E-state index in [1.54, 1.807) is 28.8 Å². The van der Waals surface area contributed by atoms with E-state index in [4.69, 9.17) is 5.26 Å². The van der Waals surface area contributed by atoms with Gasteiger partial charge in [0.15, 0.2) is 0 Å². The number of hydrogen-bond acceptors (Lipinski definition) is 4. The lowest BCUT2D eigenvalue weighted by Crippen LogP contribution is -2.27. The minimum Gasteiger partial charge on any atom is -0.335 e. The molecular formula is C22H23N5O. The molecular weight excluding hydrogens is 350 g/mol. The number of benzene rings is 2. The van der Waals surface area contributed by atoms with Gasteiger partial charge in [0.2, 0.25) is 5.82 Å². The standard InChI is InChI=1S/C22H23N5O/c1-15(2)19-10-5-6-11-20(19)27-16(3)24-21(25-27)22(28)26(4)14-18-9-7-8-17(12-18)13-23/h5-12,15H,14H2,1-4H3. The molecule has 6 heteroatoms. The van der Waals surface area contributed by atoms with Crippen molar-refractivity contribution in [2.45, 2.75) is 33.2 Å². The van der Waals surface area contributed by atoms with Gasteiger partial charge in [0, 0.05) is 13.6 Å². The highest BCUT2D eigenvalue weighted by Gasteiger charge is 2.20. The number of nitriles is 1. The Hall–Kier alpha value is -3.46. The van der Waals surface area contributed by atoms with Gasteiger partial charge >= 0.3 is 0 Å². The summed E-state index contributed by atoms with van der Waals surface area (Å²) >= 11 is 0. The predicted octanol–water partition coefficient (Wildman–Crippen LogP) is 3.84. The highest BCUT2D eigenvalue weighted by molar-refractivity contribution is 5.90. The van der Waals surface area contributed by atoms with E-state index < -0.39 is 0 Å². The van der Waals surface area contributed by atoms with Crippen molar-refractivity contribution < 1.29 is 4.79 Å². The molecule has 6 nitrogen and oxygen atoms in total. The van der Waals surface area contributed by atoms with E-state index >= 15 is 0 Å². The molecule has 0 saturated carbocycles. The average Bonchev–Trinajstić information content (AvgIpc) is 3.08. The first-order chi connectivity index (χ1) is 13.4. The summed E-state index contributed by atoms with van der Waals surface area (Å²) in [6.45, 7) is 6.47. The van der Waals surface area contributed by atoms with Gasteiger partial charge in [0.25, 0.3) is 5.91 Å². The van der Waals surface area contributed by atoms with Crippen molar-refractivity contribution in [1.82, 2.24) is 19.7 Å². The van der Waals surface area contributed by atoms with Crippen LogP contribution in [0.5, 0.6) is 0 Å². The van der Waals surface area contributed by atoms with Gasteiger partial charge < -0.3 is 4.90 Å². The van der Waals surface area contributed by atoms with Crippen LogP contribution >= 0.6 is 0 Å². The Morgan fingerprint density at radius 1 is 1.21 bits per heavy atom. The second-order valence-electron chi connectivity index (χ2n) is 7.08. The lowest BCUT2D eigenvalue weighted by Gasteiger charge is -2.15. The van der Waals surface area contributed by atoms with Crippen LogP contribution in [0, 0.1) is 18.3 Å². The lowest BCUT2D eigenvalue weighted by molar-refractivity contribution is 0.0773. The molecule has 0 bridgehead atoms. The summed E-state index contributed by atoms with van der Waals surface area (Å²) in [6, 6.07) is 17.3. The smallest absolute Gasteiger partial charge is 0.293 e. The van der Waals surface area contributed by atoms with Crippen LogP contribution in [0.1, 0.15) is 52.9 Å². The third kappa shape index (κ3) is 3.94. The van der Waals surface area contributed by atoms with Crippen LogP contribution in [0.3, 0.4) is 0 Å². The number of hydrogen-bond donors (Lipinski definition) is 0. The van der Waals surface area contributed by atoms with Gasteiger partial charge in [-0.25, -0.2) is 9.67 Å². The van der Waals surface area contributed by atoms with E-state index in [1.165, 1.54) is 0 Å². The first-order valence-corrected chi connectivity index (χ1v) is 9.18. The van der Waals surface area contributed by atoms with Crippen LogP contribution in [0.25, 0.3) is 5.69 Å². The van der Waals surface area contributed by atoms with Crippen LogP contribution in [-0.2, 0) is 6.54 Å². The molecule has 0 N–H and O–H groups in total. The molecule has 3 aromatic rings. The first kappa shape index (κ1) is 19.3. The van der Waals surface area contributed by atoms with Crippen LogP contribution < -0.4 is 0 Å². The second-order valence-corrected chi connectivity index (χ2v) is 7.08. The second kappa shape index (κ2) is 8.05. The molecule has 0 unspecified atom stereocenters. The fourth-order valence-electron chi connectivity index (χ4n) is 3.13. The molecule has 0 aliphatic carbocycles. The minimum atomic E-state index is -0.258. The van der Waals surface area contributed by atoms with Gasteiger partial charge in [0.1, 0.15) is 5.82 Å². The maximum Gasteiger partial charge on any atom is 0.293 e. The van der Waals surface area contributed by atoms with Gasteiger partial charge in [-0.05, 0) is 42.2 Å². The van der Waals surface area contributed by atoms with Crippen molar-refractivity contribution in [2.24, 2.45) is 0 Å². The topological polar surface area (TPSA) is 74.8 Å². The van der Waals surface area contributed by atoms with E-state index in [0.717, 1.165) is 16.8 Å². The molecule has 142 valence electrons. The Morgan fingerprint density at radius 3 is 2.68 bits per heavy atom. The Balaban J connectivity index is 1.86. The molecule has 0 aliphatic rings. The molecule has 1 aromatic heterocycles. The average molecular weight is 373 g/mol. The van der Waals surface area contributed by atoms with Crippen LogP contribution in [0.2, 0.25) is 0 Å². The molecule has 0 atom stereocenters. The monoisotopic (exact) mass is 373 g/mol. The zero-order chi connectivity index (χ0) is 20.3. The maximum absolute atomic E-state index is 12.8. The molecule has 0 radical (unpaired) electrons. The molecule has 0 spiro atoms. The predicted molar refractivity (Wildman–Crippen MR) is 107 cm³/mol. The first-order valence-electron chi connectivity index (χ1n) is 9.18. The molecule has 28 heavy (non-hydrogen) atoms. The quantitative estimate of drug-likeness (QED) is 0.681. The summed E-state index contributed by atoms with van der Waals surface area (Å²) in [5.74, 6) is 0.895. The Morgan fingerprint density at radius 2 is 1.96 bits per heavy atom. The number of rotatable bonds is 5. The van der Waals surface area contributed by atoms with Crippen LogP contribution in [-0.4, -0.2) is 32.6 Å². The summed E-state index contributed by atoms with van der Waals surface area (Å²) in [5, 5.41) is 13.5. The van der Waals surface area contributed by atoms with Crippen molar-refractivity contribution >= 4 is 5.91 Å². The normalized spacial score (nSPS) is 10.7. The molecule has 0 fully saturated rings. The van der Waals surface area contributed by atoms with E-state index in [-0.39, 0.29) is 11.7 Å². The summed E-state index contributed by atoms with van der Waals surface area (Å²) < 4.78 is 1.73. The zero-order valence-corrected chi connectivity index (χ0v) is 16.5. The molecule has 1 amide bonds. The Kier molecular flexibility index (Phi) is 5.55. The molecule has 1 heterocycles. The molecule has 3 rings (SSSR count). The SMILES string of the molecule is Cc1nc(C(=O)N(C)Cc2cccc(C#N)c2)nn1-c1ccccc1C(C)C. The Labute approximate surface area is 165 Å². The molecule has 0 saturated heterocycles. The maximum atomic E-state index is 12.8. The van der Waals surface area contributed by atoms with Crippen molar-refractivity contribution in [3.63, 3.8) is 0 Å². The lowest BCUT2D eigenvalue weighted by atomic mass is 10.0.